The number of hydrogen-bond donors (Lipinski definition) is 1. The molecule has 0 radical (unpaired) electrons. The summed E-state index contributed by atoms with van der Waals surface area (Å²) in [6.45, 7) is 5.63. The van der Waals surface area contributed by atoms with E-state index in [0.717, 1.165) is 6.20 Å². The molecule has 0 spiro atoms. The SMILES string of the molecule is CC(C)(C)OC(=O)NC1CCN(C(=O)c2cnn(-c3ccc(Cl)cc3)c2C(F)(F)F)CC1. The van der Waals surface area contributed by atoms with Crippen molar-refractivity contribution in [2.45, 2.75) is 51.4 Å². The standard InChI is InChI=1S/C21H24ClF3N4O3/c1-20(2,3)32-19(31)27-14-8-10-28(11-9-14)18(30)16-12-26-29(17(16)21(23,24)25)15-6-4-13(22)5-7-15/h4-7,12,14H,8-11H2,1-3H3,(H,27,31). The molecule has 2 heterocycles. The van der Waals surface area contributed by atoms with E-state index < -0.39 is 35.0 Å². The maximum atomic E-state index is 13.9. The molecule has 1 aliphatic rings. The lowest BCUT2D eigenvalue weighted by molar-refractivity contribution is -0.143. The van der Waals surface area contributed by atoms with Gasteiger partial charge in [0.1, 0.15) is 5.60 Å². The molecule has 11 heteroatoms. The first-order valence-corrected chi connectivity index (χ1v) is 10.4. The van der Waals surface area contributed by atoms with Crippen LogP contribution < -0.4 is 5.32 Å². The van der Waals surface area contributed by atoms with E-state index in [-0.39, 0.29) is 24.8 Å². The number of nitrogens with one attached hydrogen (secondary N) is 1. The Labute approximate surface area is 188 Å². The Morgan fingerprint density at radius 1 is 1.12 bits per heavy atom. The number of ether oxygens (including phenoxy) is 1. The third-order valence-corrected chi connectivity index (χ3v) is 5.09. The second-order valence-corrected chi connectivity index (χ2v) is 8.94. The van der Waals surface area contributed by atoms with Gasteiger partial charge in [-0.15, -0.1) is 0 Å². The van der Waals surface area contributed by atoms with Crippen LogP contribution in [0.2, 0.25) is 5.02 Å². The quantitative estimate of drug-likeness (QED) is 0.704. The van der Waals surface area contributed by atoms with Crippen LogP contribution in [0.25, 0.3) is 5.69 Å². The average molecular weight is 473 g/mol. The summed E-state index contributed by atoms with van der Waals surface area (Å²) in [5, 5.41) is 6.92. The average Bonchev–Trinajstić information content (AvgIpc) is 3.13. The zero-order chi connectivity index (χ0) is 23.7. The van der Waals surface area contributed by atoms with Crippen LogP contribution in [-0.4, -0.2) is 51.4 Å². The second-order valence-electron chi connectivity index (χ2n) is 8.51. The summed E-state index contributed by atoms with van der Waals surface area (Å²) < 4.78 is 47.5. The predicted octanol–water partition coefficient (Wildman–Crippen LogP) is 4.67. The summed E-state index contributed by atoms with van der Waals surface area (Å²) >= 11 is 5.81. The molecule has 1 aromatic heterocycles. The van der Waals surface area contributed by atoms with Crippen LogP contribution in [0.1, 0.15) is 49.7 Å². The monoisotopic (exact) mass is 472 g/mol. The van der Waals surface area contributed by atoms with Crippen molar-refractivity contribution in [2.24, 2.45) is 0 Å². The molecule has 1 aromatic carbocycles. The Morgan fingerprint density at radius 2 is 1.72 bits per heavy atom. The van der Waals surface area contributed by atoms with E-state index in [2.05, 4.69) is 10.4 Å². The molecule has 2 amide bonds. The second kappa shape index (κ2) is 9.01. The van der Waals surface area contributed by atoms with Gasteiger partial charge in [0.15, 0.2) is 5.69 Å². The maximum Gasteiger partial charge on any atom is 0.434 e. The van der Waals surface area contributed by atoms with Crippen LogP contribution in [0, 0.1) is 0 Å². The Hall–Kier alpha value is -2.75. The number of amides is 2. The van der Waals surface area contributed by atoms with Gasteiger partial charge >= 0.3 is 12.3 Å². The fourth-order valence-electron chi connectivity index (χ4n) is 3.43. The largest absolute Gasteiger partial charge is 0.444 e. The molecule has 3 rings (SSSR count). The number of alkyl carbamates (subject to hydrolysis) is 1. The van der Waals surface area contributed by atoms with Gasteiger partial charge in [-0.25, -0.2) is 9.48 Å². The van der Waals surface area contributed by atoms with Gasteiger partial charge in [-0.1, -0.05) is 11.6 Å². The Bertz CT molecular complexity index is 976. The van der Waals surface area contributed by atoms with Gasteiger partial charge in [-0.2, -0.15) is 18.3 Å². The number of nitrogens with zero attached hydrogens (tertiary/aromatic N) is 3. The van der Waals surface area contributed by atoms with Gasteiger partial charge in [0.05, 0.1) is 17.4 Å². The van der Waals surface area contributed by atoms with Crippen molar-refractivity contribution in [1.82, 2.24) is 20.0 Å². The Morgan fingerprint density at radius 3 is 2.25 bits per heavy atom. The lowest BCUT2D eigenvalue weighted by Gasteiger charge is -2.33. The van der Waals surface area contributed by atoms with Gasteiger partial charge in [-0.05, 0) is 57.9 Å². The number of likely N-dealkylation sites (tertiary alicyclic amines) is 1. The summed E-state index contributed by atoms with van der Waals surface area (Å²) in [7, 11) is 0. The first kappa shape index (κ1) is 23.9. The summed E-state index contributed by atoms with van der Waals surface area (Å²) in [5.41, 5.74) is -2.16. The molecule has 1 fully saturated rings. The molecule has 7 nitrogen and oxygen atoms in total. The van der Waals surface area contributed by atoms with Crippen molar-refractivity contribution in [1.29, 1.82) is 0 Å². The number of halogens is 4. The Balaban J connectivity index is 1.73. The lowest BCUT2D eigenvalue weighted by atomic mass is 10.0. The number of carbonyl (C=O) groups is 2. The molecule has 32 heavy (non-hydrogen) atoms. The molecule has 1 saturated heterocycles. The number of carbonyl (C=O) groups excluding carboxylic acids is 2. The molecule has 0 unspecified atom stereocenters. The number of rotatable bonds is 3. The van der Waals surface area contributed by atoms with Gasteiger partial charge in [0.25, 0.3) is 5.91 Å². The maximum absolute atomic E-state index is 13.9. The molecule has 2 aromatic rings. The number of piperidine rings is 1. The topological polar surface area (TPSA) is 76.5 Å². The minimum Gasteiger partial charge on any atom is -0.444 e. The molecular formula is C21H24ClF3N4O3. The van der Waals surface area contributed by atoms with Crippen molar-refractivity contribution < 1.29 is 27.5 Å². The van der Waals surface area contributed by atoms with Gasteiger partial charge in [0, 0.05) is 24.2 Å². The van der Waals surface area contributed by atoms with Crippen LogP contribution in [0.15, 0.2) is 30.5 Å². The van der Waals surface area contributed by atoms with E-state index in [1.54, 1.807) is 20.8 Å². The molecular weight excluding hydrogens is 449 g/mol. The van der Waals surface area contributed by atoms with Crippen LogP contribution in [0.3, 0.4) is 0 Å². The van der Waals surface area contributed by atoms with Crippen molar-refractivity contribution in [3.05, 3.63) is 46.7 Å². The third-order valence-electron chi connectivity index (χ3n) is 4.84. The van der Waals surface area contributed by atoms with Gasteiger partial charge in [-0.3, -0.25) is 4.79 Å². The van der Waals surface area contributed by atoms with Crippen molar-refractivity contribution in [3.8, 4) is 5.69 Å². The molecule has 0 aliphatic carbocycles. The normalized spacial score (nSPS) is 15.5. The van der Waals surface area contributed by atoms with Crippen molar-refractivity contribution >= 4 is 23.6 Å². The van der Waals surface area contributed by atoms with E-state index in [1.807, 2.05) is 0 Å². The number of hydrogen-bond acceptors (Lipinski definition) is 4. The zero-order valence-electron chi connectivity index (χ0n) is 17.9. The highest BCUT2D eigenvalue weighted by atomic mass is 35.5. The number of benzene rings is 1. The summed E-state index contributed by atoms with van der Waals surface area (Å²) in [6, 6.07) is 5.46. The summed E-state index contributed by atoms with van der Waals surface area (Å²) in [6.07, 6.45) is -3.62. The molecule has 0 atom stereocenters. The molecule has 0 bridgehead atoms. The molecule has 0 saturated carbocycles. The van der Waals surface area contributed by atoms with E-state index in [0.29, 0.717) is 22.5 Å². The van der Waals surface area contributed by atoms with Crippen LogP contribution >= 0.6 is 11.6 Å². The molecule has 174 valence electrons. The van der Waals surface area contributed by atoms with Crippen LogP contribution in [0.4, 0.5) is 18.0 Å². The predicted molar refractivity (Wildman–Crippen MR) is 112 cm³/mol. The highest BCUT2D eigenvalue weighted by molar-refractivity contribution is 6.30. The highest BCUT2D eigenvalue weighted by Gasteiger charge is 2.42. The number of aromatic nitrogens is 2. The highest BCUT2D eigenvalue weighted by Crippen LogP contribution is 2.34. The van der Waals surface area contributed by atoms with E-state index in [1.165, 1.54) is 29.2 Å². The summed E-state index contributed by atoms with van der Waals surface area (Å²) in [5.74, 6) is -0.756. The van der Waals surface area contributed by atoms with Crippen LogP contribution in [-0.2, 0) is 10.9 Å². The van der Waals surface area contributed by atoms with Crippen LogP contribution in [0.5, 0.6) is 0 Å². The fraction of sp³-hybridized carbons (Fsp3) is 0.476. The minimum absolute atomic E-state index is 0.140. The smallest absolute Gasteiger partial charge is 0.434 e. The third kappa shape index (κ3) is 5.73. The fourth-order valence-corrected chi connectivity index (χ4v) is 3.55. The molecule has 1 aliphatic heterocycles. The van der Waals surface area contributed by atoms with Gasteiger partial charge < -0.3 is 15.0 Å². The van der Waals surface area contributed by atoms with E-state index in [9.17, 15) is 22.8 Å². The lowest BCUT2D eigenvalue weighted by Crippen LogP contribution is -2.47. The molecule has 1 N–H and O–H groups in total. The van der Waals surface area contributed by atoms with Crippen molar-refractivity contribution in [2.75, 3.05) is 13.1 Å². The number of alkyl halides is 3. The minimum atomic E-state index is -4.79. The zero-order valence-corrected chi connectivity index (χ0v) is 18.6. The first-order valence-electron chi connectivity index (χ1n) is 10.0. The Kier molecular flexibility index (Phi) is 6.73. The summed E-state index contributed by atoms with van der Waals surface area (Å²) in [4.78, 5) is 26.2. The van der Waals surface area contributed by atoms with Gasteiger partial charge in [0.2, 0.25) is 0 Å². The first-order chi connectivity index (χ1) is 14.8. The van der Waals surface area contributed by atoms with E-state index >= 15 is 0 Å². The van der Waals surface area contributed by atoms with Crippen molar-refractivity contribution in [3.63, 3.8) is 0 Å². The van der Waals surface area contributed by atoms with E-state index in [4.69, 9.17) is 16.3 Å².